The van der Waals surface area contributed by atoms with E-state index < -0.39 is 17.6 Å². The fraction of sp³-hybridized carbons (Fsp3) is 0.222. The molecule has 206 valence electrons. The molecule has 0 unspecified atom stereocenters. The number of aliphatic hydroxyl groups is 1. The summed E-state index contributed by atoms with van der Waals surface area (Å²) in [6, 6.07) is 11.8. The van der Waals surface area contributed by atoms with Crippen molar-refractivity contribution in [1.29, 1.82) is 0 Å². The lowest BCUT2D eigenvalue weighted by Gasteiger charge is -2.18. The van der Waals surface area contributed by atoms with Crippen molar-refractivity contribution in [1.82, 2.24) is 9.97 Å². The highest BCUT2D eigenvalue weighted by atomic mass is 35.5. The Bertz CT molecular complexity index is 1510. The van der Waals surface area contributed by atoms with Crippen molar-refractivity contribution < 1.29 is 19.1 Å². The normalized spacial score (nSPS) is 11.7. The fourth-order valence-electron chi connectivity index (χ4n) is 3.87. The highest BCUT2D eigenvalue weighted by Gasteiger charge is 2.21. The van der Waals surface area contributed by atoms with Crippen LogP contribution in [-0.2, 0) is 0 Å². The third kappa shape index (κ3) is 6.62. The molecule has 2 amide bonds. The third-order valence-corrected chi connectivity index (χ3v) is 6.84. The van der Waals surface area contributed by atoms with Crippen LogP contribution in [0.3, 0.4) is 0 Å². The van der Waals surface area contributed by atoms with Gasteiger partial charge < -0.3 is 26.0 Å². The van der Waals surface area contributed by atoms with Crippen molar-refractivity contribution in [2.24, 2.45) is 5.92 Å². The van der Waals surface area contributed by atoms with Crippen LogP contribution in [0.15, 0.2) is 48.5 Å². The van der Waals surface area contributed by atoms with Gasteiger partial charge in [0.25, 0.3) is 11.8 Å². The first kappa shape index (κ1) is 30.2. The molecule has 3 aromatic carbocycles. The summed E-state index contributed by atoms with van der Waals surface area (Å²) in [5.41, 5.74) is 2.00. The van der Waals surface area contributed by atoms with E-state index in [4.69, 9.17) is 23.2 Å². The lowest BCUT2D eigenvalue weighted by Crippen LogP contribution is -2.29. The molecule has 0 spiro atoms. The Morgan fingerprint density at radius 2 is 1.74 bits per heavy atom. The maximum absolute atomic E-state index is 14.3. The zero-order valence-corrected chi connectivity index (χ0v) is 23.6. The first-order valence-electron chi connectivity index (χ1n) is 11.8. The summed E-state index contributed by atoms with van der Waals surface area (Å²) in [6.45, 7) is 5.55. The minimum absolute atomic E-state index is 0. The molecule has 39 heavy (non-hydrogen) atoms. The predicted octanol–water partition coefficient (Wildman–Crippen LogP) is 6.67. The fourth-order valence-corrected chi connectivity index (χ4v) is 4.29. The summed E-state index contributed by atoms with van der Waals surface area (Å²) in [7, 11) is 0. The molecule has 4 rings (SSSR count). The largest absolute Gasteiger partial charge is 0.394 e. The number of aliphatic hydroxyl groups excluding tert-OH is 1. The van der Waals surface area contributed by atoms with Gasteiger partial charge in [0.05, 0.1) is 34.3 Å². The van der Waals surface area contributed by atoms with Gasteiger partial charge in [-0.1, -0.05) is 49.2 Å². The predicted molar refractivity (Wildman–Crippen MR) is 156 cm³/mol. The van der Waals surface area contributed by atoms with Crippen molar-refractivity contribution in [3.8, 4) is 0 Å². The molecular formula is C27H27Cl3FN5O3. The van der Waals surface area contributed by atoms with Crippen molar-refractivity contribution in [2.45, 2.75) is 26.8 Å². The number of amides is 2. The summed E-state index contributed by atoms with van der Waals surface area (Å²) in [5.74, 6) is -1.62. The van der Waals surface area contributed by atoms with Gasteiger partial charge in [-0.15, -0.1) is 12.4 Å². The van der Waals surface area contributed by atoms with Crippen LogP contribution in [-0.4, -0.2) is 39.5 Å². The Balaban J connectivity index is 0.00000420. The third-order valence-electron chi connectivity index (χ3n) is 6.12. The number of carbonyl (C=O) groups is 2. The molecule has 4 aromatic rings. The van der Waals surface area contributed by atoms with Crippen LogP contribution in [0, 0.1) is 18.7 Å². The molecule has 5 N–H and O–H groups in total. The number of aromatic amines is 1. The molecule has 0 saturated carbocycles. The van der Waals surface area contributed by atoms with E-state index in [2.05, 4.69) is 25.9 Å². The highest BCUT2D eigenvalue weighted by Crippen LogP contribution is 2.29. The molecule has 0 saturated heterocycles. The maximum Gasteiger partial charge on any atom is 0.260 e. The van der Waals surface area contributed by atoms with Gasteiger partial charge in [0, 0.05) is 16.4 Å². The Morgan fingerprint density at radius 1 is 1.05 bits per heavy atom. The average Bonchev–Trinajstić information content (AvgIpc) is 3.27. The van der Waals surface area contributed by atoms with Crippen LogP contribution in [0.2, 0.25) is 10.0 Å². The number of imidazole rings is 1. The summed E-state index contributed by atoms with van der Waals surface area (Å²) in [4.78, 5) is 34.0. The van der Waals surface area contributed by atoms with Gasteiger partial charge in [-0.2, -0.15) is 0 Å². The smallest absolute Gasteiger partial charge is 0.260 e. The van der Waals surface area contributed by atoms with Crippen LogP contribution < -0.4 is 16.0 Å². The van der Waals surface area contributed by atoms with Crippen LogP contribution >= 0.6 is 35.6 Å². The quantitative estimate of drug-likeness (QED) is 0.156. The first-order valence-corrected chi connectivity index (χ1v) is 12.6. The van der Waals surface area contributed by atoms with Crippen LogP contribution in [0.4, 0.5) is 21.7 Å². The number of benzene rings is 3. The van der Waals surface area contributed by atoms with Gasteiger partial charge in [-0.25, -0.2) is 9.37 Å². The van der Waals surface area contributed by atoms with E-state index in [1.165, 1.54) is 18.2 Å². The van der Waals surface area contributed by atoms with Gasteiger partial charge in [0.15, 0.2) is 0 Å². The molecular weight excluding hydrogens is 568 g/mol. The summed E-state index contributed by atoms with van der Waals surface area (Å²) >= 11 is 12.3. The number of nitrogens with zero attached hydrogens (tertiary/aromatic N) is 1. The topological polar surface area (TPSA) is 119 Å². The van der Waals surface area contributed by atoms with Gasteiger partial charge in [-0.05, 0) is 54.8 Å². The molecule has 0 fully saturated rings. The van der Waals surface area contributed by atoms with E-state index in [1.54, 1.807) is 31.2 Å². The number of rotatable bonds is 8. The van der Waals surface area contributed by atoms with Gasteiger partial charge in [0.2, 0.25) is 5.95 Å². The number of aromatic nitrogens is 2. The first-order chi connectivity index (χ1) is 18.1. The number of carbonyl (C=O) groups excluding carboxylic acids is 2. The number of hydrogen-bond acceptors (Lipinski definition) is 5. The van der Waals surface area contributed by atoms with Crippen molar-refractivity contribution in [3.05, 3.63) is 81.1 Å². The molecule has 1 aromatic heterocycles. The second-order valence-corrected chi connectivity index (χ2v) is 9.91. The van der Waals surface area contributed by atoms with Crippen LogP contribution in [0.25, 0.3) is 11.0 Å². The van der Waals surface area contributed by atoms with Crippen LogP contribution in [0.1, 0.15) is 40.1 Å². The van der Waals surface area contributed by atoms with Crippen molar-refractivity contribution in [3.63, 3.8) is 0 Å². The van der Waals surface area contributed by atoms with Gasteiger partial charge >= 0.3 is 0 Å². The number of hydrogen-bond donors (Lipinski definition) is 5. The molecule has 1 heterocycles. The Kier molecular flexibility index (Phi) is 9.79. The summed E-state index contributed by atoms with van der Waals surface area (Å²) in [6.07, 6.45) is 0. The van der Waals surface area contributed by atoms with E-state index >= 15 is 0 Å². The van der Waals surface area contributed by atoms with E-state index in [1.807, 2.05) is 13.8 Å². The lowest BCUT2D eigenvalue weighted by molar-refractivity contribution is 0.101. The van der Waals surface area contributed by atoms with Crippen LogP contribution in [0.5, 0.6) is 0 Å². The SMILES string of the molecule is Cc1c(Cl)cccc1NC(=O)c1cc(NC(=O)c2c(F)cccc2Cl)cc2[nH]c(N[C@H](CO)C(C)C)nc12.Cl. The zero-order valence-electron chi connectivity index (χ0n) is 21.2. The second kappa shape index (κ2) is 12.7. The highest BCUT2D eigenvalue weighted by molar-refractivity contribution is 6.34. The molecule has 0 bridgehead atoms. The lowest BCUT2D eigenvalue weighted by atomic mass is 10.1. The number of halogens is 4. The molecule has 0 aliphatic heterocycles. The average molecular weight is 595 g/mol. The standard InChI is InChI=1S/C27H26Cl2FN5O3.ClH/c1-13(2)22(12-36)34-27-33-21-11-15(31-26(38)23-18(29)7-4-8-19(23)30)10-16(24(21)35-27)25(37)32-20-9-5-6-17(28)14(20)3;/h4-11,13,22,36H,12H2,1-3H3,(H,31,38)(H,32,37)(H2,33,34,35);1H/t22-;/m1./s1. The van der Waals surface area contributed by atoms with E-state index in [0.29, 0.717) is 33.3 Å². The molecule has 8 nitrogen and oxygen atoms in total. The minimum atomic E-state index is -0.776. The van der Waals surface area contributed by atoms with E-state index in [0.717, 1.165) is 6.07 Å². The summed E-state index contributed by atoms with van der Waals surface area (Å²) in [5, 5.41) is 18.7. The summed E-state index contributed by atoms with van der Waals surface area (Å²) < 4.78 is 14.3. The zero-order chi connectivity index (χ0) is 27.6. The van der Waals surface area contributed by atoms with E-state index in [9.17, 15) is 19.1 Å². The number of fused-ring (bicyclic) bond motifs is 1. The Hall–Kier alpha value is -3.37. The molecule has 0 aliphatic rings. The number of nitrogens with one attached hydrogen (secondary N) is 4. The van der Waals surface area contributed by atoms with Gasteiger partial charge in [0.1, 0.15) is 11.3 Å². The van der Waals surface area contributed by atoms with Crippen molar-refractivity contribution >= 4 is 75.8 Å². The monoisotopic (exact) mass is 593 g/mol. The Morgan fingerprint density at radius 3 is 2.41 bits per heavy atom. The molecule has 1 atom stereocenters. The van der Waals surface area contributed by atoms with E-state index in [-0.39, 0.29) is 52.8 Å². The van der Waals surface area contributed by atoms with Gasteiger partial charge in [-0.3, -0.25) is 9.59 Å². The van der Waals surface area contributed by atoms with Crippen molar-refractivity contribution in [2.75, 3.05) is 22.6 Å². The Labute approximate surface area is 240 Å². The maximum atomic E-state index is 14.3. The molecule has 0 radical (unpaired) electrons. The molecule has 0 aliphatic carbocycles. The second-order valence-electron chi connectivity index (χ2n) is 9.10. The number of anilines is 3. The number of H-pyrrole nitrogens is 1. The minimum Gasteiger partial charge on any atom is -0.394 e. The molecule has 12 heteroatoms.